The summed E-state index contributed by atoms with van der Waals surface area (Å²) in [6.45, 7) is 13.6. The van der Waals surface area contributed by atoms with E-state index in [-0.39, 0.29) is 53.7 Å². The van der Waals surface area contributed by atoms with Crippen molar-refractivity contribution < 1.29 is 29.4 Å². The largest absolute Gasteiger partial charge is 0.390 e. The summed E-state index contributed by atoms with van der Waals surface area (Å²) in [6, 6.07) is 6.14. The van der Waals surface area contributed by atoms with E-state index in [4.69, 9.17) is 5.73 Å². The van der Waals surface area contributed by atoms with Crippen molar-refractivity contribution in [3.63, 3.8) is 0 Å². The van der Waals surface area contributed by atoms with Crippen LogP contribution >= 0.6 is 0 Å². The van der Waals surface area contributed by atoms with Crippen LogP contribution in [0.15, 0.2) is 54.6 Å². The van der Waals surface area contributed by atoms with Crippen LogP contribution in [0.4, 0.5) is 0 Å². The van der Waals surface area contributed by atoms with Crippen molar-refractivity contribution in [2.45, 2.75) is 129 Å². The highest BCUT2D eigenvalue weighted by molar-refractivity contribution is 5.90. The molecule has 1 aromatic rings. The van der Waals surface area contributed by atoms with Crippen molar-refractivity contribution in [3.05, 3.63) is 60.2 Å². The Morgan fingerprint density at radius 3 is 2.13 bits per heavy atom. The van der Waals surface area contributed by atoms with E-state index in [0.717, 1.165) is 5.56 Å². The Kier molecular flexibility index (Phi) is 17.6. The van der Waals surface area contributed by atoms with Crippen LogP contribution in [0.2, 0.25) is 0 Å². The van der Waals surface area contributed by atoms with Crippen molar-refractivity contribution in [1.29, 1.82) is 0 Å². The summed E-state index contributed by atoms with van der Waals surface area (Å²) >= 11 is 0. The van der Waals surface area contributed by atoms with E-state index in [0.29, 0.717) is 32.2 Å². The molecule has 1 saturated heterocycles. The molecule has 0 radical (unpaired) electrons. The standard InChI is InChI=1S/C43H70N6O6/c1-11-28(6)39(48(10)43(55)36(26(2)3)45-42(54)38(27(4)5)47(8)9)33(50)25-34(51)49-24-18-23-32(49)40(52)29(7)41(53)46-37(31-21-16-13-17-22-31)35(44)30-19-14-12-15-20-30/h12-17,19-21,26-29,31-33,35-40,50,52H,11,18,22-25,44H2,1-10H3,(H,45,54)(H,46,53)/t28-,29+,31?,32-,33+,35-,36-,37-,38-,39-,40+/m0/s1. The smallest absolute Gasteiger partial charge is 0.245 e. The highest BCUT2D eigenvalue weighted by atomic mass is 16.3. The maximum absolute atomic E-state index is 14.1. The lowest BCUT2D eigenvalue weighted by Crippen LogP contribution is -2.59. The van der Waals surface area contributed by atoms with Gasteiger partial charge >= 0.3 is 0 Å². The van der Waals surface area contributed by atoms with E-state index in [1.54, 1.807) is 18.9 Å². The molecule has 1 unspecified atom stereocenters. The first-order valence-electron chi connectivity index (χ1n) is 20.3. The van der Waals surface area contributed by atoms with E-state index < -0.39 is 54.4 Å². The van der Waals surface area contributed by atoms with Gasteiger partial charge in [0.15, 0.2) is 0 Å². The molecule has 12 nitrogen and oxygen atoms in total. The van der Waals surface area contributed by atoms with Gasteiger partial charge in [-0.25, -0.2) is 0 Å². The predicted octanol–water partition coefficient (Wildman–Crippen LogP) is 3.64. The number of allylic oxidation sites excluding steroid dienone is 3. The quantitative estimate of drug-likeness (QED) is 0.142. The maximum atomic E-state index is 14.1. The zero-order valence-corrected chi connectivity index (χ0v) is 34.9. The molecule has 2 aliphatic rings. The first kappa shape index (κ1) is 45.8. The zero-order chi connectivity index (χ0) is 41.1. The fourth-order valence-electron chi connectivity index (χ4n) is 8.38. The Labute approximate surface area is 329 Å². The predicted molar refractivity (Wildman–Crippen MR) is 217 cm³/mol. The van der Waals surface area contributed by atoms with E-state index in [1.165, 1.54) is 4.90 Å². The number of carbonyl (C=O) groups is 4. The van der Waals surface area contributed by atoms with Gasteiger partial charge in [-0.2, -0.15) is 0 Å². The summed E-state index contributed by atoms with van der Waals surface area (Å²) in [5.74, 6) is -2.53. The van der Waals surface area contributed by atoms with Crippen LogP contribution in [-0.4, -0.2) is 119 Å². The number of benzene rings is 1. The van der Waals surface area contributed by atoms with Crippen LogP contribution in [0.5, 0.6) is 0 Å². The molecule has 1 aromatic carbocycles. The van der Waals surface area contributed by atoms with Crippen LogP contribution in [0, 0.1) is 29.6 Å². The molecule has 1 aliphatic carbocycles. The van der Waals surface area contributed by atoms with Gasteiger partial charge in [-0.3, -0.25) is 24.1 Å². The van der Waals surface area contributed by atoms with Crippen molar-refractivity contribution >= 4 is 23.6 Å². The molecule has 55 heavy (non-hydrogen) atoms. The minimum absolute atomic E-state index is 0.0214. The van der Waals surface area contributed by atoms with Crippen molar-refractivity contribution in [2.75, 3.05) is 27.7 Å². The number of likely N-dealkylation sites (N-methyl/N-ethyl adjacent to an activating group) is 2. The summed E-state index contributed by atoms with van der Waals surface area (Å²) in [4.78, 5) is 60.1. The van der Waals surface area contributed by atoms with Gasteiger partial charge in [0.05, 0.1) is 54.8 Å². The summed E-state index contributed by atoms with van der Waals surface area (Å²) < 4.78 is 0. The lowest BCUT2D eigenvalue weighted by molar-refractivity contribution is -0.146. The molecule has 0 aromatic heterocycles. The van der Waals surface area contributed by atoms with E-state index >= 15 is 0 Å². The number of aliphatic hydroxyl groups is 2. The molecule has 12 heteroatoms. The molecule has 0 spiro atoms. The molecule has 1 aliphatic heterocycles. The molecular weight excluding hydrogens is 697 g/mol. The number of likely N-dealkylation sites (tertiary alicyclic amines) is 1. The first-order chi connectivity index (χ1) is 25.9. The Bertz CT molecular complexity index is 1460. The average Bonchev–Trinajstić information content (AvgIpc) is 3.65. The molecule has 308 valence electrons. The number of nitrogens with zero attached hydrogens (tertiary/aromatic N) is 3. The summed E-state index contributed by atoms with van der Waals surface area (Å²) in [5.41, 5.74) is 7.64. The van der Waals surface area contributed by atoms with Crippen LogP contribution < -0.4 is 16.4 Å². The summed E-state index contributed by atoms with van der Waals surface area (Å²) in [6.07, 6.45) is 7.90. The Hall–Kier alpha value is -3.58. The Morgan fingerprint density at radius 2 is 1.58 bits per heavy atom. The van der Waals surface area contributed by atoms with Gasteiger partial charge in [0, 0.05) is 19.5 Å². The van der Waals surface area contributed by atoms with Crippen LogP contribution in [-0.2, 0) is 19.2 Å². The molecule has 4 amide bonds. The Balaban J connectivity index is 1.74. The normalized spacial score (nSPS) is 22.1. The molecule has 3 rings (SSSR count). The third kappa shape index (κ3) is 11.7. The molecule has 6 N–H and O–H groups in total. The van der Waals surface area contributed by atoms with Crippen molar-refractivity contribution in [3.8, 4) is 0 Å². The maximum Gasteiger partial charge on any atom is 0.245 e. The van der Waals surface area contributed by atoms with E-state index in [9.17, 15) is 29.4 Å². The highest BCUT2D eigenvalue weighted by Crippen LogP contribution is 2.30. The number of rotatable bonds is 19. The third-order valence-electron chi connectivity index (χ3n) is 11.8. The second kappa shape index (κ2) is 21.1. The summed E-state index contributed by atoms with van der Waals surface area (Å²) in [7, 11) is 5.29. The average molecular weight is 767 g/mol. The van der Waals surface area contributed by atoms with Gasteiger partial charge in [0.25, 0.3) is 0 Å². The van der Waals surface area contributed by atoms with Gasteiger partial charge in [-0.1, -0.05) is 110 Å². The van der Waals surface area contributed by atoms with Gasteiger partial charge in [0.1, 0.15) is 6.04 Å². The minimum Gasteiger partial charge on any atom is -0.390 e. The van der Waals surface area contributed by atoms with Gasteiger partial charge in [0.2, 0.25) is 23.6 Å². The number of amides is 4. The number of nitrogens with two attached hydrogens (primary N) is 1. The Morgan fingerprint density at radius 1 is 0.927 bits per heavy atom. The third-order valence-corrected chi connectivity index (χ3v) is 11.8. The van der Waals surface area contributed by atoms with Crippen molar-refractivity contribution in [2.24, 2.45) is 35.3 Å². The molecular formula is C43H70N6O6. The number of hydrogen-bond donors (Lipinski definition) is 5. The highest BCUT2D eigenvalue weighted by Gasteiger charge is 2.42. The van der Waals surface area contributed by atoms with Gasteiger partial charge in [-0.05, 0) is 56.7 Å². The van der Waals surface area contributed by atoms with Crippen LogP contribution in [0.3, 0.4) is 0 Å². The first-order valence-corrected chi connectivity index (χ1v) is 20.3. The van der Waals surface area contributed by atoms with Crippen molar-refractivity contribution in [1.82, 2.24) is 25.3 Å². The van der Waals surface area contributed by atoms with E-state index in [1.807, 2.05) is 115 Å². The monoisotopic (exact) mass is 767 g/mol. The topological polar surface area (TPSA) is 169 Å². The molecule has 1 heterocycles. The zero-order valence-electron chi connectivity index (χ0n) is 34.9. The number of nitrogens with one attached hydrogen (secondary N) is 2. The lowest BCUT2D eigenvalue weighted by atomic mass is 9.84. The minimum atomic E-state index is -1.21. The lowest BCUT2D eigenvalue weighted by Gasteiger charge is -2.40. The fraction of sp³-hybridized carbons (Fsp3) is 0.674. The van der Waals surface area contributed by atoms with Gasteiger partial charge in [-0.15, -0.1) is 0 Å². The molecule has 1 fully saturated rings. The molecule has 11 atom stereocenters. The SMILES string of the molecule is CC[C@H](C)[C@@H]([C@H](O)CC(=O)N1CCC[C@H]1[C@H](O)[C@@H](C)C(=O)N[C@@H](C1C=CC=CC1)[C@@H](N)c1ccccc1)N(C)C(=O)[C@@H](NC(=O)[C@H](C(C)C)N(C)C)C(C)C. The van der Waals surface area contributed by atoms with Gasteiger partial charge < -0.3 is 36.4 Å². The summed E-state index contributed by atoms with van der Waals surface area (Å²) in [5, 5.41) is 29.5. The molecule has 0 saturated carbocycles. The number of carbonyl (C=O) groups excluding carboxylic acids is 4. The second-order valence-electron chi connectivity index (χ2n) is 16.7. The number of hydrogen-bond acceptors (Lipinski definition) is 8. The van der Waals surface area contributed by atoms with Crippen LogP contribution in [0.25, 0.3) is 0 Å². The van der Waals surface area contributed by atoms with E-state index in [2.05, 4.69) is 10.6 Å². The number of aliphatic hydroxyl groups excluding tert-OH is 2. The second-order valence-corrected chi connectivity index (χ2v) is 16.7. The fourth-order valence-corrected chi connectivity index (χ4v) is 8.38. The van der Waals surface area contributed by atoms with Crippen LogP contribution in [0.1, 0.15) is 92.2 Å². The molecule has 0 bridgehead atoms.